The maximum absolute atomic E-state index is 12.0. The van der Waals surface area contributed by atoms with Gasteiger partial charge < -0.3 is 9.84 Å². The Bertz CT molecular complexity index is 706. The zero-order chi connectivity index (χ0) is 18.4. The number of carbonyl (C=O) groups is 1. The van der Waals surface area contributed by atoms with Gasteiger partial charge in [0.1, 0.15) is 16.6 Å². The molecule has 0 aliphatic heterocycles. The van der Waals surface area contributed by atoms with Gasteiger partial charge in [0.15, 0.2) is 0 Å². The lowest BCUT2D eigenvalue weighted by atomic mass is 10.0. The van der Waals surface area contributed by atoms with E-state index in [-0.39, 0.29) is 0 Å². The molecule has 1 aromatic carbocycles. The quantitative estimate of drug-likeness (QED) is 0.749. The molecule has 1 aromatic heterocycles. The first-order valence-corrected chi connectivity index (χ1v) is 8.81. The van der Waals surface area contributed by atoms with E-state index in [9.17, 15) is 9.90 Å². The zero-order valence-electron chi connectivity index (χ0n) is 15.5. The molecule has 1 amide bonds. The highest BCUT2D eigenvalue weighted by atomic mass is 16.6. The van der Waals surface area contributed by atoms with E-state index in [0.717, 1.165) is 31.2 Å². The van der Waals surface area contributed by atoms with Crippen LogP contribution in [0, 0.1) is 0 Å². The second-order valence-corrected chi connectivity index (χ2v) is 7.25. The molecule has 0 saturated carbocycles. The molecular formula is C18H28N4O3. The predicted octanol–water partition coefficient (Wildman–Crippen LogP) is 3.39. The largest absolute Gasteiger partial charge is 0.443 e. The highest BCUT2D eigenvalue weighted by molar-refractivity contribution is 5.82. The average Bonchev–Trinajstić information content (AvgIpc) is 2.89. The van der Waals surface area contributed by atoms with Gasteiger partial charge in [-0.2, -0.15) is 0 Å². The lowest BCUT2D eigenvalue weighted by Crippen LogP contribution is -2.32. The van der Waals surface area contributed by atoms with Gasteiger partial charge in [0.25, 0.3) is 0 Å². The summed E-state index contributed by atoms with van der Waals surface area (Å²) in [7, 11) is 0. The Morgan fingerprint density at radius 1 is 1.36 bits per heavy atom. The summed E-state index contributed by atoms with van der Waals surface area (Å²) in [6, 6.07) is 5.62. The first kappa shape index (κ1) is 19.2. The molecule has 138 valence electrons. The molecule has 1 unspecified atom stereocenters. The van der Waals surface area contributed by atoms with Gasteiger partial charge in [-0.05, 0) is 44.0 Å². The van der Waals surface area contributed by atoms with Crippen molar-refractivity contribution < 1.29 is 14.6 Å². The molecule has 0 radical (unpaired) electrons. The highest BCUT2D eigenvalue weighted by Gasteiger charge is 2.19. The van der Waals surface area contributed by atoms with Crippen LogP contribution in [0.5, 0.6) is 0 Å². The van der Waals surface area contributed by atoms with Crippen molar-refractivity contribution in [2.75, 3.05) is 5.43 Å². The molecule has 2 N–H and O–H groups in total. The molecule has 7 heteroatoms. The number of amides is 1. The van der Waals surface area contributed by atoms with Gasteiger partial charge in [0, 0.05) is 6.42 Å². The van der Waals surface area contributed by atoms with Crippen LogP contribution < -0.4 is 5.43 Å². The lowest BCUT2D eigenvalue weighted by Gasteiger charge is -2.19. The number of aromatic nitrogens is 3. The number of ether oxygens (including phenoxy) is 1. The summed E-state index contributed by atoms with van der Waals surface area (Å²) in [6.07, 6.45) is 3.45. The van der Waals surface area contributed by atoms with E-state index < -0.39 is 17.8 Å². The Labute approximate surface area is 148 Å². The van der Waals surface area contributed by atoms with E-state index in [1.807, 2.05) is 18.2 Å². The second kappa shape index (κ2) is 8.29. The molecule has 0 fully saturated rings. The first-order chi connectivity index (χ1) is 11.8. The van der Waals surface area contributed by atoms with Crippen molar-refractivity contribution in [3.63, 3.8) is 0 Å². The van der Waals surface area contributed by atoms with Crippen molar-refractivity contribution in [1.82, 2.24) is 15.1 Å². The van der Waals surface area contributed by atoms with Crippen molar-refractivity contribution in [1.29, 1.82) is 0 Å². The number of aliphatic hydroxyl groups excluding tert-OH is 1. The van der Waals surface area contributed by atoms with E-state index in [0.29, 0.717) is 17.5 Å². The predicted molar refractivity (Wildman–Crippen MR) is 97.0 cm³/mol. The molecule has 25 heavy (non-hydrogen) atoms. The summed E-state index contributed by atoms with van der Waals surface area (Å²) < 4.78 is 5.26. The number of aliphatic hydroxyl groups is 1. The molecule has 0 saturated heterocycles. The van der Waals surface area contributed by atoms with Crippen LogP contribution in [0.25, 0.3) is 11.0 Å². The Balaban J connectivity index is 2.16. The van der Waals surface area contributed by atoms with E-state index in [1.54, 1.807) is 20.8 Å². The summed E-state index contributed by atoms with van der Waals surface area (Å²) in [4.78, 5) is 13.3. The summed E-state index contributed by atoms with van der Waals surface area (Å²) in [5.74, 6) is 0. The number of hydrogen-bond donors (Lipinski definition) is 2. The van der Waals surface area contributed by atoms with Crippen LogP contribution in [0.1, 0.15) is 58.9 Å². The SMILES string of the molecule is CCCCCC(O)Cc1cccc2nnn(NC(=O)OC(C)(C)C)c12. The zero-order valence-corrected chi connectivity index (χ0v) is 15.5. The first-order valence-electron chi connectivity index (χ1n) is 8.81. The molecule has 0 aliphatic rings. The van der Waals surface area contributed by atoms with Gasteiger partial charge in [0.05, 0.1) is 6.10 Å². The fourth-order valence-corrected chi connectivity index (χ4v) is 2.66. The summed E-state index contributed by atoms with van der Waals surface area (Å²) in [6.45, 7) is 7.53. The van der Waals surface area contributed by atoms with Crippen molar-refractivity contribution in [2.45, 2.75) is 71.5 Å². The average molecular weight is 348 g/mol. The third-order valence-corrected chi connectivity index (χ3v) is 3.74. The molecule has 7 nitrogen and oxygen atoms in total. The summed E-state index contributed by atoms with van der Waals surface area (Å²) in [5.41, 5.74) is 4.23. The number of fused-ring (bicyclic) bond motifs is 1. The van der Waals surface area contributed by atoms with Crippen molar-refractivity contribution in [3.8, 4) is 0 Å². The van der Waals surface area contributed by atoms with E-state index in [2.05, 4.69) is 22.7 Å². The van der Waals surface area contributed by atoms with Crippen molar-refractivity contribution in [3.05, 3.63) is 23.8 Å². The minimum Gasteiger partial charge on any atom is -0.443 e. The van der Waals surface area contributed by atoms with Crippen LogP contribution >= 0.6 is 0 Å². The number of unbranched alkanes of at least 4 members (excludes halogenated alkanes) is 2. The van der Waals surface area contributed by atoms with Crippen LogP contribution in [-0.4, -0.2) is 38.0 Å². The number of nitrogens with zero attached hydrogens (tertiary/aromatic N) is 3. The highest BCUT2D eigenvalue weighted by Crippen LogP contribution is 2.19. The van der Waals surface area contributed by atoms with Crippen LogP contribution in [0.3, 0.4) is 0 Å². The number of benzene rings is 1. The standard InChI is InChI=1S/C18H28N4O3/c1-5-6-7-10-14(23)12-13-9-8-11-15-16(13)22(21-19-15)20-17(24)25-18(2,3)4/h8-9,11,14,23H,5-7,10,12H2,1-4H3,(H,20,24). The Morgan fingerprint density at radius 3 is 2.80 bits per heavy atom. The maximum Gasteiger partial charge on any atom is 0.428 e. The van der Waals surface area contributed by atoms with Crippen molar-refractivity contribution in [2.24, 2.45) is 0 Å². The monoisotopic (exact) mass is 348 g/mol. The molecule has 1 atom stereocenters. The van der Waals surface area contributed by atoms with Crippen LogP contribution in [0.2, 0.25) is 0 Å². The minimum absolute atomic E-state index is 0.429. The Morgan fingerprint density at radius 2 is 2.12 bits per heavy atom. The van der Waals surface area contributed by atoms with Gasteiger partial charge in [-0.3, -0.25) is 0 Å². The van der Waals surface area contributed by atoms with E-state index in [1.165, 1.54) is 4.79 Å². The molecule has 0 spiro atoms. The molecule has 1 heterocycles. The van der Waals surface area contributed by atoms with Crippen LogP contribution in [-0.2, 0) is 11.2 Å². The topological polar surface area (TPSA) is 89.3 Å². The van der Waals surface area contributed by atoms with Crippen LogP contribution in [0.4, 0.5) is 4.79 Å². The third-order valence-electron chi connectivity index (χ3n) is 3.74. The van der Waals surface area contributed by atoms with Gasteiger partial charge in [-0.25, -0.2) is 10.2 Å². The van der Waals surface area contributed by atoms with Crippen molar-refractivity contribution >= 4 is 17.1 Å². The van der Waals surface area contributed by atoms with Gasteiger partial charge >= 0.3 is 6.09 Å². The van der Waals surface area contributed by atoms with Crippen LogP contribution in [0.15, 0.2) is 18.2 Å². The number of carbonyl (C=O) groups excluding carboxylic acids is 1. The number of rotatable bonds is 7. The van der Waals surface area contributed by atoms with E-state index in [4.69, 9.17) is 4.74 Å². The van der Waals surface area contributed by atoms with Gasteiger partial charge in [0.2, 0.25) is 0 Å². The third kappa shape index (κ3) is 5.70. The fraction of sp³-hybridized carbons (Fsp3) is 0.611. The molecule has 0 aliphatic carbocycles. The molecular weight excluding hydrogens is 320 g/mol. The molecule has 0 bridgehead atoms. The normalized spacial score (nSPS) is 13.0. The summed E-state index contributed by atoms with van der Waals surface area (Å²) >= 11 is 0. The Hall–Kier alpha value is -2.15. The van der Waals surface area contributed by atoms with Gasteiger partial charge in [-0.1, -0.05) is 38.3 Å². The number of hydrogen-bond acceptors (Lipinski definition) is 5. The van der Waals surface area contributed by atoms with Gasteiger partial charge in [-0.15, -0.1) is 9.89 Å². The molecule has 2 rings (SSSR count). The van der Waals surface area contributed by atoms with E-state index >= 15 is 0 Å². The fourth-order valence-electron chi connectivity index (χ4n) is 2.66. The lowest BCUT2D eigenvalue weighted by molar-refractivity contribution is 0.0610. The molecule has 2 aromatic rings. The number of nitrogens with one attached hydrogen (secondary N) is 1. The summed E-state index contributed by atoms with van der Waals surface area (Å²) in [5, 5.41) is 18.3. The maximum atomic E-state index is 12.0. The Kier molecular flexibility index (Phi) is 6.36. The minimum atomic E-state index is -0.599. The number of para-hydroxylation sites is 1. The second-order valence-electron chi connectivity index (χ2n) is 7.25. The smallest absolute Gasteiger partial charge is 0.428 e.